The number of hydrogen-bond donors (Lipinski definition) is 2. The van der Waals surface area contributed by atoms with Crippen LogP contribution in [0.2, 0.25) is 0 Å². The van der Waals surface area contributed by atoms with Crippen molar-refractivity contribution in [1.29, 1.82) is 0 Å². The van der Waals surface area contributed by atoms with E-state index in [0.717, 1.165) is 5.56 Å². The van der Waals surface area contributed by atoms with Crippen LogP contribution < -0.4 is 5.32 Å². The minimum atomic E-state index is -0.318. The van der Waals surface area contributed by atoms with Crippen LogP contribution >= 0.6 is 11.3 Å². The summed E-state index contributed by atoms with van der Waals surface area (Å²) in [4.78, 5) is 16.4. The number of amides is 1. The number of carbonyl (C=O) groups excluding carboxylic acids is 1. The molecule has 2 aromatic carbocycles. The summed E-state index contributed by atoms with van der Waals surface area (Å²) < 4.78 is 13.8. The molecule has 6 heteroatoms. The third-order valence-electron chi connectivity index (χ3n) is 3.67. The summed E-state index contributed by atoms with van der Waals surface area (Å²) in [6, 6.07) is 13.4. The first-order valence-corrected chi connectivity index (χ1v) is 8.74. The van der Waals surface area contributed by atoms with Crippen LogP contribution in [-0.4, -0.2) is 22.5 Å². The van der Waals surface area contributed by atoms with Crippen molar-refractivity contribution in [3.63, 3.8) is 0 Å². The number of benzene rings is 2. The van der Waals surface area contributed by atoms with E-state index in [9.17, 15) is 14.3 Å². The Morgan fingerprint density at radius 2 is 1.92 bits per heavy atom. The minimum Gasteiger partial charge on any atom is -0.508 e. The van der Waals surface area contributed by atoms with Crippen LogP contribution in [0.15, 0.2) is 53.9 Å². The van der Waals surface area contributed by atoms with E-state index in [1.54, 1.807) is 35.7 Å². The van der Waals surface area contributed by atoms with Crippen LogP contribution in [0.25, 0.3) is 10.6 Å². The zero-order valence-electron chi connectivity index (χ0n) is 13.4. The van der Waals surface area contributed by atoms with Crippen molar-refractivity contribution >= 4 is 17.2 Å². The van der Waals surface area contributed by atoms with E-state index in [2.05, 4.69) is 10.3 Å². The number of nitrogens with zero attached hydrogens (tertiary/aromatic N) is 1. The van der Waals surface area contributed by atoms with Crippen LogP contribution in [0.3, 0.4) is 0 Å². The lowest BCUT2D eigenvalue weighted by Crippen LogP contribution is -2.27. The molecule has 0 aliphatic rings. The van der Waals surface area contributed by atoms with E-state index in [0.29, 0.717) is 29.2 Å². The van der Waals surface area contributed by atoms with Gasteiger partial charge in [-0.3, -0.25) is 4.79 Å². The molecule has 4 nitrogen and oxygen atoms in total. The minimum absolute atomic E-state index is 0.121. The molecule has 0 aliphatic carbocycles. The number of carbonyl (C=O) groups is 1. The second-order valence-corrected chi connectivity index (χ2v) is 6.43. The fourth-order valence-electron chi connectivity index (χ4n) is 2.38. The SMILES string of the molecule is O=C(Cc1csc(-c2ccccc2F)n1)NCCc1ccc(O)cc1. The molecule has 1 amide bonds. The largest absolute Gasteiger partial charge is 0.508 e. The van der Waals surface area contributed by atoms with Gasteiger partial charge < -0.3 is 10.4 Å². The predicted molar refractivity (Wildman–Crippen MR) is 96.0 cm³/mol. The maximum atomic E-state index is 13.8. The number of phenolic OH excluding ortho intramolecular Hbond substituents is 1. The molecule has 0 fully saturated rings. The zero-order valence-corrected chi connectivity index (χ0v) is 14.2. The number of halogens is 1. The molecule has 0 saturated heterocycles. The molecule has 25 heavy (non-hydrogen) atoms. The van der Waals surface area contributed by atoms with Crippen LogP contribution in [-0.2, 0) is 17.6 Å². The molecule has 0 unspecified atom stereocenters. The predicted octanol–water partition coefficient (Wildman–Crippen LogP) is 3.56. The molecule has 3 rings (SSSR count). The van der Waals surface area contributed by atoms with E-state index in [-0.39, 0.29) is 23.9 Å². The Morgan fingerprint density at radius 1 is 1.16 bits per heavy atom. The highest BCUT2D eigenvalue weighted by molar-refractivity contribution is 7.13. The van der Waals surface area contributed by atoms with Gasteiger partial charge in [0.15, 0.2) is 0 Å². The third kappa shape index (κ3) is 4.64. The van der Waals surface area contributed by atoms with Gasteiger partial charge in [-0.05, 0) is 36.2 Å². The summed E-state index contributed by atoms with van der Waals surface area (Å²) in [5.41, 5.74) is 2.12. The summed E-state index contributed by atoms with van der Waals surface area (Å²) in [6.45, 7) is 0.508. The molecule has 1 aromatic heterocycles. The fraction of sp³-hybridized carbons (Fsp3) is 0.158. The highest BCUT2D eigenvalue weighted by atomic mass is 32.1. The average Bonchev–Trinajstić information content (AvgIpc) is 3.05. The van der Waals surface area contributed by atoms with Gasteiger partial charge in [-0.2, -0.15) is 0 Å². The van der Waals surface area contributed by atoms with Gasteiger partial charge in [0.1, 0.15) is 16.6 Å². The smallest absolute Gasteiger partial charge is 0.226 e. The fourth-order valence-corrected chi connectivity index (χ4v) is 3.23. The van der Waals surface area contributed by atoms with Crippen molar-refractivity contribution in [1.82, 2.24) is 10.3 Å². The first kappa shape index (κ1) is 17.1. The molecule has 0 bridgehead atoms. The standard InChI is InChI=1S/C19H17FN2O2S/c20-17-4-2-1-3-16(17)19-22-14(12-25-19)11-18(24)21-10-9-13-5-7-15(23)8-6-13/h1-8,12,23H,9-11H2,(H,21,24). The second kappa shape index (κ2) is 7.90. The molecule has 0 atom stereocenters. The molecule has 1 heterocycles. The quantitative estimate of drug-likeness (QED) is 0.710. The van der Waals surface area contributed by atoms with E-state index >= 15 is 0 Å². The zero-order chi connectivity index (χ0) is 17.6. The van der Waals surface area contributed by atoms with Gasteiger partial charge in [0, 0.05) is 17.5 Å². The number of rotatable bonds is 6. The normalized spacial score (nSPS) is 10.6. The maximum Gasteiger partial charge on any atom is 0.226 e. The lowest BCUT2D eigenvalue weighted by atomic mass is 10.1. The van der Waals surface area contributed by atoms with Gasteiger partial charge >= 0.3 is 0 Å². The van der Waals surface area contributed by atoms with Gasteiger partial charge in [-0.25, -0.2) is 9.37 Å². The summed E-state index contributed by atoms with van der Waals surface area (Å²) in [5, 5.41) is 14.4. The monoisotopic (exact) mass is 356 g/mol. The van der Waals surface area contributed by atoms with Crippen LogP contribution in [0.4, 0.5) is 4.39 Å². The third-order valence-corrected chi connectivity index (χ3v) is 4.59. The van der Waals surface area contributed by atoms with Crippen molar-refractivity contribution in [2.75, 3.05) is 6.54 Å². The van der Waals surface area contributed by atoms with E-state index in [1.165, 1.54) is 17.4 Å². The number of nitrogens with one attached hydrogen (secondary N) is 1. The molecule has 0 spiro atoms. The summed E-state index contributed by atoms with van der Waals surface area (Å²) >= 11 is 1.33. The Hall–Kier alpha value is -2.73. The molecular formula is C19H17FN2O2S. The summed E-state index contributed by atoms with van der Waals surface area (Å²) in [5.74, 6) is -0.215. The van der Waals surface area contributed by atoms with E-state index < -0.39 is 0 Å². The number of aromatic hydroxyl groups is 1. The molecule has 0 saturated carbocycles. The van der Waals surface area contributed by atoms with Gasteiger partial charge in [0.05, 0.1) is 12.1 Å². The Kier molecular flexibility index (Phi) is 5.40. The molecule has 0 aliphatic heterocycles. The van der Waals surface area contributed by atoms with Gasteiger partial charge in [-0.1, -0.05) is 24.3 Å². The second-order valence-electron chi connectivity index (χ2n) is 5.57. The molecule has 3 aromatic rings. The topological polar surface area (TPSA) is 62.2 Å². The van der Waals surface area contributed by atoms with E-state index in [1.807, 2.05) is 12.1 Å². The Labute approximate surface area is 149 Å². The van der Waals surface area contributed by atoms with Gasteiger partial charge in [-0.15, -0.1) is 11.3 Å². The van der Waals surface area contributed by atoms with Crippen molar-refractivity contribution in [3.8, 4) is 16.3 Å². The molecule has 0 radical (unpaired) electrons. The summed E-state index contributed by atoms with van der Waals surface area (Å²) in [7, 11) is 0. The van der Waals surface area contributed by atoms with Crippen molar-refractivity contribution in [2.24, 2.45) is 0 Å². The average molecular weight is 356 g/mol. The van der Waals surface area contributed by atoms with Gasteiger partial charge in [0.25, 0.3) is 0 Å². The van der Waals surface area contributed by atoms with Crippen LogP contribution in [0, 0.1) is 5.82 Å². The molecular weight excluding hydrogens is 339 g/mol. The van der Waals surface area contributed by atoms with Gasteiger partial charge in [0.2, 0.25) is 5.91 Å². The highest BCUT2D eigenvalue weighted by Gasteiger charge is 2.11. The lowest BCUT2D eigenvalue weighted by molar-refractivity contribution is -0.120. The number of hydrogen-bond acceptors (Lipinski definition) is 4. The van der Waals surface area contributed by atoms with Crippen molar-refractivity contribution in [2.45, 2.75) is 12.8 Å². The highest BCUT2D eigenvalue weighted by Crippen LogP contribution is 2.26. The first-order chi connectivity index (χ1) is 12.1. The first-order valence-electron chi connectivity index (χ1n) is 7.86. The molecule has 128 valence electrons. The van der Waals surface area contributed by atoms with E-state index in [4.69, 9.17) is 0 Å². The Balaban J connectivity index is 1.52. The van der Waals surface area contributed by atoms with Crippen molar-refractivity contribution < 1.29 is 14.3 Å². The number of thiazole rings is 1. The number of phenols is 1. The Morgan fingerprint density at radius 3 is 2.68 bits per heavy atom. The molecule has 2 N–H and O–H groups in total. The summed E-state index contributed by atoms with van der Waals surface area (Å²) in [6.07, 6.45) is 0.851. The Bertz CT molecular complexity index is 862. The number of aromatic nitrogens is 1. The van der Waals surface area contributed by atoms with Crippen molar-refractivity contribution in [3.05, 3.63) is 71.0 Å². The maximum absolute atomic E-state index is 13.8. The van der Waals surface area contributed by atoms with Crippen LogP contribution in [0.5, 0.6) is 5.75 Å². The van der Waals surface area contributed by atoms with Crippen LogP contribution in [0.1, 0.15) is 11.3 Å². The lowest BCUT2D eigenvalue weighted by Gasteiger charge is -2.04.